The summed E-state index contributed by atoms with van der Waals surface area (Å²) in [5, 5.41) is 18.2. The van der Waals surface area contributed by atoms with Crippen LogP contribution in [0.3, 0.4) is 0 Å². The summed E-state index contributed by atoms with van der Waals surface area (Å²) in [6.07, 6.45) is 8.57. The molecule has 2 saturated heterocycles. The van der Waals surface area contributed by atoms with Gasteiger partial charge in [0.2, 0.25) is 11.8 Å². The maximum absolute atomic E-state index is 13.2. The molecule has 0 spiro atoms. The van der Waals surface area contributed by atoms with Crippen LogP contribution in [0.1, 0.15) is 75.3 Å². The number of hydrogen-bond acceptors (Lipinski definition) is 9. The Hall–Kier alpha value is -5.62. The molecule has 0 radical (unpaired) electrons. The van der Waals surface area contributed by atoms with E-state index >= 15 is 0 Å². The van der Waals surface area contributed by atoms with Gasteiger partial charge in [-0.2, -0.15) is 0 Å². The monoisotopic (exact) mass is 927 g/mol. The zero-order chi connectivity index (χ0) is 45.7. The number of hydrogen-bond donors (Lipinski definition) is 4. The number of unbranched alkanes of at least 4 members (excludes halogenated alkanes) is 2. The molecule has 6 aromatic rings. The first kappa shape index (κ1) is 46.9. The Labute approximate surface area is 399 Å². The van der Waals surface area contributed by atoms with Crippen LogP contribution in [-0.2, 0) is 22.7 Å². The number of pyridine rings is 2. The predicted octanol–water partition coefficient (Wildman–Crippen LogP) is 11.1. The van der Waals surface area contributed by atoms with E-state index in [2.05, 4.69) is 57.5 Å². The summed E-state index contributed by atoms with van der Waals surface area (Å²) >= 11 is 12.1. The molecule has 0 atom stereocenters. The third-order valence-electron chi connectivity index (χ3n) is 13.0. The molecule has 4 heterocycles. The SMILES string of the molecule is CN(CCCCC(=O)N1CCC(Nc2cc(NCc3ccc(Cl)cc3)nc3ccccc23)CC1)CCCCC(=O)N1CCC(Nc2cc(NCc3ccc(Cl)cc3)nc3ccccc23)CC1. The topological polar surface area (TPSA) is 118 Å². The quantitative estimate of drug-likeness (QED) is 0.0555. The van der Waals surface area contributed by atoms with E-state index in [1.165, 1.54) is 0 Å². The van der Waals surface area contributed by atoms with Crippen LogP contribution in [-0.4, -0.2) is 94.9 Å². The number of halogens is 2. The minimum absolute atomic E-state index is 0.260. The lowest BCUT2D eigenvalue weighted by Gasteiger charge is -2.33. The van der Waals surface area contributed by atoms with Crippen LogP contribution < -0.4 is 21.3 Å². The largest absolute Gasteiger partial charge is 0.382 e. The number of fused-ring (bicyclic) bond motifs is 2. The number of rotatable bonds is 20. The van der Waals surface area contributed by atoms with Crippen LogP contribution in [0.15, 0.2) is 109 Å². The van der Waals surface area contributed by atoms with E-state index in [-0.39, 0.29) is 23.9 Å². The molecule has 0 saturated carbocycles. The van der Waals surface area contributed by atoms with Gasteiger partial charge in [-0.05, 0) is 119 Å². The van der Waals surface area contributed by atoms with Gasteiger partial charge in [0.05, 0.1) is 11.0 Å². The lowest BCUT2D eigenvalue weighted by molar-refractivity contribution is -0.133. The zero-order valence-electron chi connectivity index (χ0n) is 38.1. The van der Waals surface area contributed by atoms with Gasteiger partial charge in [0, 0.05) is 109 Å². The highest BCUT2D eigenvalue weighted by Gasteiger charge is 2.25. The second kappa shape index (κ2) is 23.2. The number of nitrogens with zero attached hydrogens (tertiary/aromatic N) is 5. The molecular weight excluding hydrogens is 866 g/mol. The van der Waals surface area contributed by atoms with Crippen molar-refractivity contribution in [2.75, 3.05) is 67.6 Å². The highest BCUT2D eigenvalue weighted by atomic mass is 35.5. The van der Waals surface area contributed by atoms with E-state index in [0.717, 1.165) is 157 Å². The van der Waals surface area contributed by atoms with Crippen LogP contribution in [0.5, 0.6) is 0 Å². The first-order valence-corrected chi connectivity index (χ1v) is 24.5. The van der Waals surface area contributed by atoms with Gasteiger partial charge >= 0.3 is 0 Å². The summed E-state index contributed by atoms with van der Waals surface area (Å²) in [6.45, 7) is 6.29. The Morgan fingerprint density at radius 2 is 0.970 bits per heavy atom. The average molecular weight is 929 g/mol. The molecule has 0 unspecified atom stereocenters. The van der Waals surface area contributed by atoms with Crippen molar-refractivity contribution in [1.82, 2.24) is 24.7 Å². The van der Waals surface area contributed by atoms with Crippen LogP contribution in [0.2, 0.25) is 10.0 Å². The van der Waals surface area contributed by atoms with Gasteiger partial charge in [0.1, 0.15) is 11.6 Å². The number of benzene rings is 4. The molecule has 2 aliphatic heterocycles. The number of para-hydroxylation sites is 2. The number of piperidine rings is 2. The fourth-order valence-electron chi connectivity index (χ4n) is 9.09. The molecule has 66 heavy (non-hydrogen) atoms. The fraction of sp³-hybridized carbons (Fsp3) is 0.396. The van der Waals surface area contributed by atoms with Gasteiger partial charge in [0.15, 0.2) is 0 Å². The molecule has 11 nitrogen and oxygen atoms in total. The summed E-state index contributed by atoms with van der Waals surface area (Å²) in [4.78, 5) is 42.5. The molecular formula is C53H63Cl2N9O2. The zero-order valence-corrected chi connectivity index (χ0v) is 39.6. The normalized spacial score (nSPS) is 14.8. The summed E-state index contributed by atoms with van der Waals surface area (Å²) in [5.74, 6) is 2.16. The lowest BCUT2D eigenvalue weighted by atomic mass is 10.0. The van der Waals surface area contributed by atoms with Crippen LogP contribution in [0.25, 0.3) is 21.8 Å². The smallest absolute Gasteiger partial charge is 0.222 e. The fourth-order valence-corrected chi connectivity index (χ4v) is 9.34. The molecule has 2 aliphatic rings. The average Bonchev–Trinajstić information content (AvgIpc) is 3.34. The summed E-state index contributed by atoms with van der Waals surface area (Å²) in [7, 11) is 2.15. The maximum Gasteiger partial charge on any atom is 0.222 e. The second-order valence-corrected chi connectivity index (χ2v) is 18.8. The summed E-state index contributed by atoms with van der Waals surface area (Å²) in [5.41, 5.74) is 6.29. The number of anilines is 4. The number of carbonyl (C=O) groups is 2. The molecule has 0 bridgehead atoms. The van der Waals surface area contributed by atoms with E-state index in [0.29, 0.717) is 25.9 Å². The molecule has 4 N–H and O–H groups in total. The number of carbonyl (C=O) groups excluding carboxylic acids is 2. The minimum atomic E-state index is 0.260. The van der Waals surface area contributed by atoms with E-state index in [9.17, 15) is 9.59 Å². The lowest BCUT2D eigenvalue weighted by Crippen LogP contribution is -2.42. The molecule has 8 rings (SSSR count). The Morgan fingerprint density at radius 3 is 1.38 bits per heavy atom. The Kier molecular flexibility index (Phi) is 16.5. The highest BCUT2D eigenvalue weighted by Crippen LogP contribution is 2.30. The second-order valence-electron chi connectivity index (χ2n) is 17.9. The maximum atomic E-state index is 13.2. The number of nitrogens with one attached hydrogen (secondary N) is 4. The first-order chi connectivity index (χ1) is 32.2. The van der Waals surface area contributed by atoms with Gasteiger partial charge in [-0.25, -0.2) is 9.97 Å². The van der Waals surface area contributed by atoms with Crippen molar-refractivity contribution in [1.29, 1.82) is 0 Å². The molecule has 4 aromatic carbocycles. The van der Waals surface area contributed by atoms with E-state index in [1.807, 2.05) is 94.7 Å². The van der Waals surface area contributed by atoms with Crippen molar-refractivity contribution in [2.24, 2.45) is 0 Å². The van der Waals surface area contributed by atoms with Gasteiger partial charge in [-0.1, -0.05) is 83.9 Å². The van der Waals surface area contributed by atoms with Gasteiger partial charge in [-0.15, -0.1) is 0 Å². The van der Waals surface area contributed by atoms with Crippen molar-refractivity contribution in [3.63, 3.8) is 0 Å². The molecule has 2 amide bonds. The predicted molar refractivity (Wildman–Crippen MR) is 273 cm³/mol. The number of likely N-dealkylation sites (tertiary alicyclic amines) is 2. The first-order valence-electron chi connectivity index (χ1n) is 23.8. The number of aromatic nitrogens is 2. The van der Waals surface area contributed by atoms with Crippen LogP contribution in [0, 0.1) is 0 Å². The third kappa shape index (κ3) is 13.3. The van der Waals surface area contributed by atoms with Gasteiger partial charge in [0.25, 0.3) is 0 Å². The summed E-state index contributed by atoms with van der Waals surface area (Å²) < 4.78 is 0. The van der Waals surface area contributed by atoms with Crippen molar-refractivity contribution in [3.8, 4) is 0 Å². The van der Waals surface area contributed by atoms with Gasteiger partial charge in [-0.3, -0.25) is 9.59 Å². The molecule has 0 aliphatic carbocycles. The van der Waals surface area contributed by atoms with Crippen molar-refractivity contribution in [2.45, 2.75) is 89.4 Å². The molecule has 2 aromatic heterocycles. The van der Waals surface area contributed by atoms with Crippen LogP contribution in [0.4, 0.5) is 23.0 Å². The van der Waals surface area contributed by atoms with Crippen molar-refractivity contribution < 1.29 is 9.59 Å². The van der Waals surface area contributed by atoms with Gasteiger partial charge < -0.3 is 36.0 Å². The number of amides is 2. The Balaban J connectivity index is 0.687. The van der Waals surface area contributed by atoms with E-state index < -0.39 is 0 Å². The standard InChI is InChI=1S/C53H63Cl2N9O2/c1-62(28-8-6-14-52(65)63-30-24-42(25-31-63)58-48-34-50(60-46-12-4-2-10-44(46)48)56-36-38-16-20-40(54)21-17-38)29-9-7-15-53(66)64-32-26-43(27-33-64)59-49-35-51(61-47-13-5-3-11-45(47)49)57-37-39-18-22-41(55)23-19-39/h2-5,10-13,16-23,34-35,42-43H,6-9,14-15,24-33,36-37H2,1H3,(H2,56,58,60)(H2,57,59,61). The van der Waals surface area contributed by atoms with Crippen LogP contribution >= 0.6 is 23.2 Å². The van der Waals surface area contributed by atoms with E-state index in [1.54, 1.807) is 0 Å². The van der Waals surface area contributed by atoms with E-state index in [4.69, 9.17) is 33.2 Å². The highest BCUT2D eigenvalue weighted by molar-refractivity contribution is 6.30. The Bertz CT molecular complexity index is 2350. The molecule has 13 heteroatoms. The molecule has 346 valence electrons. The van der Waals surface area contributed by atoms with Crippen molar-refractivity contribution in [3.05, 3.63) is 130 Å². The summed E-state index contributed by atoms with van der Waals surface area (Å²) in [6, 6.07) is 36.9. The molecule has 2 fully saturated rings. The Morgan fingerprint density at radius 1 is 0.576 bits per heavy atom. The minimum Gasteiger partial charge on any atom is -0.382 e. The van der Waals surface area contributed by atoms with Crippen molar-refractivity contribution >= 4 is 79.8 Å². The third-order valence-corrected chi connectivity index (χ3v) is 13.5.